The summed E-state index contributed by atoms with van der Waals surface area (Å²) < 4.78 is 13.6. The molecule has 0 fully saturated rings. The molecule has 0 aliphatic carbocycles. The van der Waals surface area contributed by atoms with Gasteiger partial charge in [-0.05, 0) is 18.2 Å². The van der Waals surface area contributed by atoms with E-state index >= 15 is 0 Å². The fourth-order valence-corrected chi connectivity index (χ4v) is 1.97. The Labute approximate surface area is 112 Å². The molecule has 0 aliphatic rings. The number of halogens is 3. The zero-order valence-electron chi connectivity index (χ0n) is 8.82. The number of carboxylic acids is 1. The maximum absolute atomic E-state index is 13.6. The molecule has 1 heterocycles. The first-order valence-corrected chi connectivity index (χ1v) is 5.59. The third-order valence-electron chi connectivity index (χ3n) is 2.31. The molecule has 0 saturated carbocycles. The van der Waals surface area contributed by atoms with Gasteiger partial charge < -0.3 is 5.11 Å². The predicted molar refractivity (Wildman–Crippen MR) is 66.6 cm³/mol. The Morgan fingerprint density at radius 3 is 2.56 bits per heavy atom. The Morgan fingerprint density at radius 1 is 1.22 bits per heavy atom. The summed E-state index contributed by atoms with van der Waals surface area (Å²) in [7, 11) is 0. The van der Waals surface area contributed by atoms with Crippen molar-refractivity contribution in [2.45, 2.75) is 0 Å². The largest absolute Gasteiger partial charge is 0.478 e. The highest BCUT2D eigenvalue weighted by molar-refractivity contribution is 6.36. The first-order chi connectivity index (χ1) is 8.49. The lowest BCUT2D eigenvalue weighted by molar-refractivity contribution is 0.0696. The number of aromatic nitrogens is 1. The molecule has 0 atom stereocenters. The molecule has 0 amide bonds. The summed E-state index contributed by atoms with van der Waals surface area (Å²) >= 11 is 11.7. The molecule has 18 heavy (non-hydrogen) atoms. The number of aromatic carboxylic acids is 1. The van der Waals surface area contributed by atoms with E-state index in [1.165, 1.54) is 24.3 Å². The molecule has 2 aromatic rings. The van der Waals surface area contributed by atoms with E-state index in [0.717, 1.165) is 6.20 Å². The van der Waals surface area contributed by atoms with Gasteiger partial charge in [-0.2, -0.15) is 4.39 Å². The zero-order valence-corrected chi connectivity index (χ0v) is 10.3. The summed E-state index contributed by atoms with van der Waals surface area (Å²) in [6, 6.07) is 5.68. The molecule has 1 N–H and O–H groups in total. The van der Waals surface area contributed by atoms with Crippen molar-refractivity contribution in [2.75, 3.05) is 0 Å². The second-order valence-electron chi connectivity index (χ2n) is 3.49. The first kappa shape index (κ1) is 12.8. The summed E-state index contributed by atoms with van der Waals surface area (Å²) in [6.45, 7) is 0. The zero-order chi connectivity index (χ0) is 13.3. The molecule has 0 aliphatic heterocycles. The van der Waals surface area contributed by atoms with Gasteiger partial charge in [-0.15, -0.1) is 0 Å². The van der Waals surface area contributed by atoms with E-state index in [4.69, 9.17) is 28.3 Å². The molecule has 0 radical (unpaired) electrons. The van der Waals surface area contributed by atoms with Gasteiger partial charge in [-0.1, -0.05) is 29.3 Å². The molecule has 0 saturated heterocycles. The number of nitrogens with zero attached hydrogens (tertiary/aromatic N) is 1. The second-order valence-corrected chi connectivity index (χ2v) is 4.34. The number of rotatable bonds is 2. The molecule has 3 nitrogen and oxygen atoms in total. The molecule has 0 spiro atoms. The van der Waals surface area contributed by atoms with Crippen LogP contribution in [-0.4, -0.2) is 16.1 Å². The van der Waals surface area contributed by atoms with Gasteiger partial charge in [-0.25, -0.2) is 9.78 Å². The van der Waals surface area contributed by atoms with Gasteiger partial charge in [-0.3, -0.25) is 0 Å². The molecule has 0 unspecified atom stereocenters. The number of hydrogen-bond acceptors (Lipinski definition) is 2. The van der Waals surface area contributed by atoms with Gasteiger partial charge in [0.1, 0.15) is 0 Å². The summed E-state index contributed by atoms with van der Waals surface area (Å²) in [4.78, 5) is 14.2. The smallest absolute Gasteiger partial charge is 0.337 e. The summed E-state index contributed by atoms with van der Waals surface area (Å²) in [5.74, 6) is -1.97. The predicted octanol–water partition coefficient (Wildman–Crippen LogP) is 3.89. The van der Waals surface area contributed by atoms with Gasteiger partial charge in [0.25, 0.3) is 0 Å². The van der Waals surface area contributed by atoms with Crippen LogP contribution in [0.15, 0.2) is 30.5 Å². The van der Waals surface area contributed by atoms with E-state index in [1.807, 2.05) is 0 Å². The van der Waals surface area contributed by atoms with Crippen LogP contribution >= 0.6 is 23.2 Å². The summed E-state index contributed by atoms with van der Waals surface area (Å²) in [5.41, 5.74) is 0.253. The fraction of sp³-hybridized carbons (Fsp3) is 0. The summed E-state index contributed by atoms with van der Waals surface area (Å²) in [6.07, 6.45) is 0.949. The minimum atomic E-state index is -1.19. The Balaban J connectivity index is 2.62. The average molecular weight is 286 g/mol. The second kappa shape index (κ2) is 4.92. The molecule has 0 bridgehead atoms. The number of carboxylic acid groups (broad SMARTS) is 1. The lowest BCUT2D eigenvalue weighted by Crippen LogP contribution is -2.00. The van der Waals surface area contributed by atoms with Crippen molar-refractivity contribution in [1.29, 1.82) is 0 Å². The van der Waals surface area contributed by atoms with Crippen molar-refractivity contribution in [3.8, 4) is 11.1 Å². The van der Waals surface area contributed by atoms with E-state index in [1.54, 1.807) is 0 Å². The van der Waals surface area contributed by atoms with Crippen molar-refractivity contribution >= 4 is 29.2 Å². The molecule has 92 valence electrons. The van der Waals surface area contributed by atoms with Crippen LogP contribution in [0.5, 0.6) is 0 Å². The molecule has 1 aromatic carbocycles. The lowest BCUT2D eigenvalue weighted by Gasteiger charge is -2.06. The standard InChI is InChI=1S/C12H6Cl2FNO2/c13-7-1-2-8(10(14)4-7)9-3-6(12(17)18)5-16-11(9)15/h1-5H,(H,17,18). The minimum absolute atomic E-state index is 0.0246. The van der Waals surface area contributed by atoms with Crippen LogP contribution in [0.1, 0.15) is 10.4 Å². The molecular formula is C12H6Cl2FNO2. The van der Waals surface area contributed by atoms with E-state index in [0.29, 0.717) is 10.6 Å². The van der Waals surface area contributed by atoms with Crippen molar-refractivity contribution in [1.82, 2.24) is 4.98 Å². The number of carbonyl (C=O) groups is 1. The molecule has 6 heteroatoms. The third kappa shape index (κ3) is 2.44. The minimum Gasteiger partial charge on any atom is -0.478 e. The van der Waals surface area contributed by atoms with Gasteiger partial charge in [0.05, 0.1) is 10.6 Å². The van der Waals surface area contributed by atoms with Crippen LogP contribution < -0.4 is 0 Å². The summed E-state index contributed by atoms with van der Waals surface area (Å²) in [5, 5.41) is 9.48. The number of hydrogen-bond donors (Lipinski definition) is 1. The van der Waals surface area contributed by atoms with Crippen LogP contribution in [0.3, 0.4) is 0 Å². The molecular weight excluding hydrogens is 280 g/mol. The average Bonchev–Trinajstić information content (AvgIpc) is 2.30. The van der Waals surface area contributed by atoms with Gasteiger partial charge in [0.15, 0.2) is 0 Å². The van der Waals surface area contributed by atoms with Crippen molar-refractivity contribution < 1.29 is 14.3 Å². The maximum Gasteiger partial charge on any atom is 0.337 e. The van der Waals surface area contributed by atoms with Crippen LogP contribution in [0, 0.1) is 5.95 Å². The Kier molecular flexibility index (Phi) is 3.50. The van der Waals surface area contributed by atoms with E-state index < -0.39 is 11.9 Å². The topological polar surface area (TPSA) is 50.2 Å². The highest BCUT2D eigenvalue weighted by Crippen LogP contribution is 2.31. The van der Waals surface area contributed by atoms with Crippen molar-refractivity contribution in [3.05, 3.63) is 52.0 Å². The van der Waals surface area contributed by atoms with Crippen LogP contribution in [0.2, 0.25) is 10.0 Å². The van der Waals surface area contributed by atoms with E-state index in [9.17, 15) is 9.18 Å². The van der Waals surface area contributed by atoms with Crippen molar-refractivity contribution in [3.63, 3.8) is 0 Å². The van der Waals surface area contributed by atoms with Gasteiger partial charge >= 0.3 is 5.97 Å². The Hall–Kier alpha value is -1.65. The Morgan fingerprint density at radius 2 is 1.94 bits per heavy atom. The fourth-order valence-electron chi connectivity index (χ4n) is 1.46. The highest BCUT2D eigenvalue weighted by atomic mass is 35.5. The number of pyridine rings is 1. The van der Waals surface area contributed by atoms with E-state index in [-0.39, 0.29) is 16.1 Å². The quantitative estimate of drug-likeness (QED) is 0.852. The van der Waals surface area contributed by atoms with Gasteiger partial charge in [0, 0.05) is 22.3 Å². The van der Waals surface area contributed by atoms with Crippen LogP contribution in [0.25, 0.3) is 11.1 Å². The molecule has 2 rings (SSSR count). The maximum atomic E-state index is 13.6. The number of benzene rings is 1. The van der Waals surface area contributed by atoms with Crippen LogP contribution in [-0.2, 0) is 0 Å². The normalized spacial score (nSPS) is 10.4. The third-order valence-corrected chi connectivity index (χ3v) is 2.86. The lowest BCUT2D eigenvalue weighted by atomic mass is 10.1. The highest BCUT2D eigenvalue weighted by Gasteiger charge is 2.14. The van der Waals surface area contributed by atoms with E-state index in [2.05, 4.69) is 4.98 Å². The van der Waals surface area contributed by atoms with Crippen LogP contribution in [0.4, 0.5) is 4.39 Å². The SMILES string of the molecule is O=C(O)c1cnc(F)c(-c2ccc(Cl)cc2Cl)c1. The first-order valence-electron chi connectivity index (χ1n) is 4.83. The molecule has 1 aromatic heterocycles. The van der Waals surface area contributed by atoms with Gasteiger partial charge in [0.2, 0.25) is 5.95 Å². The monoisotopic (exact) mass is 285 g/mol. The van der Waals surface area contributed by atoms with Crippen molar-refractivity contribution in [2.24, 2.45) is 0 Å². The Bertz CT molecular complexity index is 631.